The molecule has 26 heavy (non-hydrogen) atoms. The van der Waals surface area contributed by atoms with E-state index in [4.69, 9.17) is 27.9 Å². The third-order valence-electron chi connectivity index (χ3n) is 2.82. The molecule has 0 fully saturated rings. The van der Waals surface area contributed by atoms with E-state index in [0.717, 1.165) is 16.3 Å². The van der Waals surface area contributed by atoms with Crippen LogP contribution in [0.2, 0.25) is 5.02 Å². The molecule has 2 N–H and O–H groups in total. The minimum atomic E-state index is -0.699. The number of alkyl halides is 1. The van der Waals surface area contributed by atoms with Crippen molar-refractivity contribution < 1.29 is 19.1 Å². The lowest BCUT2D eigenvalue weighted by molar-refractivity contribution is -0.118. The summed E-state index contributed by atoms with van der Waals surface area (Å²) >= 11 is 12.3. The second kappa shape index (κ2) is 9.37. The molecular weight excluding hydrogens is 403 g/mol. The van der Waals surface area contributed by atoms with Crippen LogP contribution >= 0.6 is 34.5 Å². The van der Waals surface area contributed by atoms with Crippen LogP contribution in [-0.2, 0) is 9.53 Å². The van der Waals surface area contributed by atoms with Crippen LogP contribution in [0, 0.1) is 0 Å². The molecule has 1 aromatic carbocycles. The SMILES string of the molecule is CCOC(=O)c1csc(N(NC(=O)CCl)C(=O)Nc2ccc(Cl)cc2)n1. The van der Waals surface area contributed by atoms with E-state index in [2.05, 4.69) is 15.7 Å². The van der Waals surface area contributed by atoms with Gasteiger partial charge in [-0.2, -0.15) is 5.01 Å². The van der Waals surface area contributed by atoms with Gasteiger partial charge in [-0.3, -0.25) is 10.2 Å². The molecule has 2 aromatic rings. The molecule has 11 heteroatoms. The zero-order chi connectivity index (χ0) is 19.1. The number of esters is 1. The predicted octanol–water partition coefficient (Wildman–Crippen LogP) is 3.28. The summed E-state index contributed by atoms with van der Waals surface area (Å²) in [5.74, 6) is -1.61. The Balaban J connectivity index is 2.22. The average molecular weight is 417 g/mol. The van der Waals surface area contributed by atoms with E-state index in [0.29, 0.717) is 10.7 Å². The minimum absolute atomic E-state index is 0.0243. The number of benzene rings is 1. The van der Waals surface area contributed by atoms with Crippen molar-refractivity contribution in [3.05, 3.63) is 40.4 Å². The second-order valence-electron chi connectivity index (χ2n) is 4.68. The van der Waals surface area contributed by atoms with Gasteiger partial charge in [-0.25, -0.2) is 14.6 Å². The lowest BCUT2D eigenvalue weighted by Gasteiger charge is -2.20. The molecule has 0 saturated carbocycles. The fraction of sp³-hybridized carbons (Fsp3) is 0.200. The molecule has 0 aliphatic carbocycles. The van der Waals surface area contributed by atoms with Crippen LogP contribution in [0.25, 0.3) is 0 Å². The minimum Gasteiger partial charge on any atom is -0.461 e. The Bertz CT molecular complexity index is 797. The topological polar surface area (TPSA) is 101 Å². The van der Waals surface area contributed by atoms with Crippen LogP contribution in [0.4, 0.5) is 15.6 Å². The molecule has 1 aromatic heterocycles. The molecule has 138 valence electrons. The number of hydrogen-bond donors (Lipinski definition) is 2. The van der Waals surface area contributed by atoms with Crippen LogP contribution in [0.5, 0.6) is 0 Å². The highest BCUT2D eigenvalue weighted by molar-refractivity contribution is 7.14. The van der Waals surface area contributed by atoms with Gasteiger partial charge >= 0.3 is 12.0 Å². The van der Waals surface area contributed by atoms with Crippen molar-refractivity contribution in [2.45, 2.75) is 6.92 Å². The number of halogens is 2. The molecule has 0 unspecified atom stereocenters. The Labute approximate surface area is 163 Å². The van der Waals surface area contributed by atoms with Crippen molar-refractivity contribution >= 4 is 63.3 Å². The number of carbonyl (C=O) groups excluding carboxylic acids is 3. The molecule has 0 atom stereocenters. The molecule has 2 rings (SSSR count). The number of hydrogen-bond acceptors (Lipinski definition) is 6. The van der Waals surface area contributed by atoms with Gasteiger partial charge in [-0.05, 0) is 31.2 Å². The summed E-state index contributed by atoms with van der Waals surface area (Å²) in [6.07, 6.45) is 0. The van der Waals surface area contributed by atoms with Crippen molar-refractivity contribution in [1.29, 1.82) is 0 Å². The van der Waals surface area contributed by atoms with E-state index in [1.807, 2.05) is 0 Å². The molecule has 0 aliphatic rings. The Morgan fingerprint density at radius 2 is 1.96 bits per heavy atom. The van der Waals surface area contributed by atoms with Crippen molar-refractivity contribution in [3.8, 4) is 0 Å². The van der Waals surface area contributed by atoms with Crippen molar-refractivity contribution in [2.24, 2.45) is 0 Å². The van der Waals surface area contributed by atoms with E-state index < -0.39 is 17.9 Å². The second-order valence-corrected chi connectivity index (χ2v) is 6.22. The normalized spacial score (nSPS) is 10.1. The van der Waals surface area contributed by atoms with Crippen LogP contribution in [0.15, 0.2) is 29.6 Å². The Morgan fingerprint density at radius 1 is 1.27 bits per heavy atom. The number of thiazole rings is 1. The first-order valence-corrected chi connectivity index (χ1v) is 9.08. The lowest BCUT2D eigenvalue weighted by atomic mass is 10.3. The number of nitrogens with zero attached hydrogens (tertiary/aromatic N) is 2. The molecular formula is C15H14Cl2N4O4S. The highest BCUT2D eigenvalue weighted by Gasteiger charge is 2.23. The molecule has 0 spiro atoms. The largest absolute Gasteiger partial charge is 0.461 e. The highest BCUT2D eigenvalue weighted by Crippen LogP contribution is 2.21. The van der Waals surface area contributed by atoms with Gasteiger partial charge in [0.2, 0.25) is 5.13 Å². The van der Waals surface area contributed by atoms with E-state index in [-0.39, 0.29) is 23.3 Å². The van der Waals surface area contributed by atoms with Gasteiger partial charge in [0.05, 0.1) is 6.61 Å². The third kappa shape index (κ3) is 5.32. The van der Waals surface area contributed by atoms with E-state index >= 15 is 0 Å². The van der Waals surface area contributed by atoms with Crippen LogP contribution in [0.1, 0.15) is 17.4 Å². The molecule has 0 radical (unpaired) electrons. The zero-order valence-electron chi connectivity index (χ0n) is 13.5. The number of nitrogens with one attached hydrogen (secondary N) is 2. The number of rotatable bonds is 5. The summed E-state index contributed by atoms with van der Waals surface area (Å²) in [6.45, 7) is 1.85. The highest BCUT2D eigenvalue weighted by atomic mass is 35.5. The number of amides is 3. The molecule has 3 amide bonds. The summed E-state index contributed by atoms with van der Waals surface area (Å²) in [6, 6.07) is 5.68. The number of carbonyl (C=O) groups is 3. The number of urea groups is 1. The van der Waals surface area contributed by atoms with Gasteiger partial charge in [0.25, 0.3) is 5.91 Å². The summed E-state index contributed by atoms with van der Waals surface area (Å²) < 4.78 is 4.86. The lowest BCUT2D eigenvalue weighted by Crippen LogP contribution is -2.49. The third-order valence-corrected chi connectivity index (χ3v) is 4.14. The maximum Gasteiger partial charge on any atom is 0.357 e. The van der Waals surface area contributed by atoms with E-state index in [9.17, 15) is 14.4 Å². The Kier molecular flexibility index (Phi) is 7.19. The predicted molar refractivity (Wildman–Crippen MR) is 99.9 cm³/mol. The van der Waals surface area contributed by atoms with Crippen molar-refractivity contribution in [2.75, 3.05) is 22.8 Å². The first kappa shape index (κ1) is 20.0. The smallest absolute Gasteiger partial charge is 0.357 e. The molecule has 0 saturated heterocycles. The van der Waals surface area contributed by atoms with E-state index in [1.165, 1.54) is 5.38 Å². The molecule has 0 aliphatic heterocycles. The quantitative estimate of drug-likeness (QED) is 0.442. The Hall–Kier alpha value is -2.36. The van der Waals surface area contributed by atoms with Gasteiger partial charge in [0.15, 0.2) is 5.69 Å². The van der Waals surface area contributed by atoms with Crippen molar-refractivity contribution in [1.82, 2.24) is 10.4 Å². The maximum atomic E-state index is 12.5. The molecule has 8 nitrogen and oxygen atoms in total. The molecule has 0 bridgehead atoms. The number of aromatic nitrogens is 1. The number of hydrazine groups is 1. The standard InChI is InChI=1S/C15H14Cl2N4O4S/c1-2-25-13(23)11-8-26-15(19-11)21(20-12(22)7-16)14(24)18-10-5-3-9(17)4-6-10/h3-6,8H,2,7H2,1H3,(H,18,24)(H,20,22). The summed E-state index contributed by atoms with van der Waals surface area (Å²) in [5, 5.41) is 5.45. The summed E-state index contributed by atoms with van der Waals surface area (Å²) in [5.41, 5.74) is 2.79. The van der Waals surface area contributed by atoms with Gasteiger partial charge in [0, 0.05) is 16.1 Å². The van der Waals surface area contributed by atoms with Crippen LogP contribution in [-0.4, -0.2) is 35.4 Å². The average Bonchev–Trinajstić information content (AvgIpc) is 3.11. The maximum absolute atomic E-state index is 12.5. The summed E-state index contributed by atoms with van der Waals surface area (Å²) in [4.78, 5) is 39.9. The zero-order valence-corrected chi connectivity index (χ0v) is 15.8. The first-order valence-electron chi connectivity index (χ1n) is 7.29. The van der Waals surface area contributed by atoms with E-state index in [1.54, 1.807) is 31.2 Å². The molecule has 1 heterocycles. The fourth-order valence-corrected chi connectivity index (χ4v) is 2.66. The van der Waals surface area contributed by atoms with Gasteiger partial charge in [0.1, 0.15) is 5.88 Å². The number of anilines is 2. The first-order chi connectivity index (χ1) is 12.4. The van der Waals surface area contributed by atoms with Crippen molar-refractivity contribution in [3.63, 3.8) is 0 Å². The number of ether oxygens (including phenoxy) is 1. The van der Waals surface area contributed by atoms with Gasteiger partial charge in [-0.15, -0.1) is 22.9 Å². The van der Waals surface area contributed by atoms with Gasteiger partial charge < -0.3 is 10.1 Å². The fourth-order valence-electron chi connectivity index (χ4n) is 1.72. The summed E-state index contributed by atoms with van der Waals surface area (Å²) in [7, 11) is 0. The Morgan fingerprint density at radius 3 is 2.58 bits per heavy atom. The monoisotopic (exact) mass is 416 g/mol. The van der Waals surface area contributed by atoms with Crippen LogP contribution < -0.4 is 15.8 Å². The van der Waals surface area contributed by atoms with Gasteiger partial charge in [-0.1, -0.05) is 11.6 Å². The van der Waals surface area contributed by atoms with Crippen LogP contribution in [0.3, 0.4) is 0 Å².